The van der Waals surface area contributed by atoms with Gasteiger partial charge in [-0.25, -0.2) is 9.80 Å². The molecule has 2 amide bonds. The Kier molecular flexibility index (Phi) is 10.6. The van der Waals surface area contributed by atoms with Crippen molar-refractivity contribution in [3.8, 4) is 11.3 Å². The van der Waals surface area contributed by atoms with Crippen molar-refractivity contribution < 1.29 is 19.4 Å². The average molecular weight is 534 g/mol. The van der Waals surface area contributed by atoms with Gasteiger partial charge < -0.3 is 20.9 Å². The molecular weight excluding hydrogens is 494 g/mol. The highest BCUT2D eigenvalue weighted by atomic mass is 16.5. The highest BCUT2D eigenvalue weighted by molar-refractivity contribution is 5.86. The fourth-order valence-electron chi connectivity index (χ4n) is 4.14. The number of aliphatic hydroxyl groups excluding tert-OH is 1. The average Bonchev–Trinajstić information content (AvgIpc) is 2.92. The third-order valence-electron chi connectivity index (χ3n) is 6.35. The van der Waals surface area contributed by atoms with E-state index in [4.69, 9.17) is 10.5 Å². The van der Waals surface area contributed by atoms with Crippen molar-refractivity contribution in [2.24, 2.45) is 11.1 Å². The number of carbonyl (C=O) groups excluding carboxylic acids is 2. The van der Waals surface area contributed by atoms with Crippen LogP contribution in [0.15, 0.2) is 79.0 Å². The molecule has 9 heteroatoms. The molecule has 0 aliphatic heterocycles. The maximum absolute atomic E-state index is 13.4. The lowest BCUT2D eigenvalue weighted by Crippen LogP contribution is -2.58. The number of rotatable bonds is 11. The zero-order valence-electron chi connectivity index (χ0n) is 23.0. The molecule has 3 rings (SSSR count). The zero-order chi connectivity index (χ0) is 28.4. The number of amides is 2. The minimum absolute atomic E-state index is 0.0802. The fraction of sp³-hybridized carbons (Fsp3) is 0.367. The van der Waals surface area contributed by atoms with Gasteiger partial charge in [0, 0.05) is 30.9 Å². The van der Waals surface area contributed by atoms with Crippen molar-refractivity contribution in [1.29, 1.82) is 0 Å². The SMILES string of the molecule is COC(=O)NC(C(=O)NN(Cc1ccc(-c2ccccn2)cc1)C[C@H](O)C(N)Cc1ccccc1)C(C)(C)C. The molecule has 39 heavy (non-hydrogen) atoms. The van der Waals surface area contributed by atoms with Crippen LogP contribution in [0.1, 0.15) is 31.9 Å². The minimum atomic E-state index is -0.931. The van der Waals surface area contributed by atoms with E-state index < -0.39 is 35.6 Å². The Bertz CT molecular complexity index is 1180. The van der Waals surface area contributed by atoms with Crippen molar-refractivity contribution in [1.82, 2.24) is 20.7 Å². The van der Waals surface area contributed by atoms with Gasteiger partial charge in [-0.3, -0.25) is 15.2 Å². The van der Waals surface area contributed by atoms with Crippen LogP contribution in [0.4, 0.5) is 4.79 Å². The first-order chi connectivity index (χ1) is 18.6. The number of pyridine rings is 1. The van der Waals surface area contributed by atoms with Gasteiger partial charge in [0.15, 0.2) is 0 Å². The fourth-order valence-corrected chi connectivity index (χ4v) is 4.14. The Morgan fingerprint density at radius 1 is 1.00 bits per heavy atom. The third kappa shape index (κ3) is 9.17. The number of hydrogen-bond donors (Lipinski definition) is 4. The van der Waals surface area contributed by atoms with E-state index in [1.165, 1.54) is 7.11 Å². The van der Waals surface area contributed by atoms with Crippen LogP contribution in [0.3, 0.4) is 0 Å². The second kappa shape index (κ2) is 13.8. The van der Waals surface area contributed by atoms with Gasteiger partial charge in [-0.05, 0) is 35.1 Å². The number of aromatic nitrogens is 1. The predicted octanol–water partition coefficient (Wildman–Crippen LogP) is 3.28. The molecule has 0 bridgehead atoms. The van der Waals surface area contributed by atoms with Crippen molar-refractivity contribution in [3.05, 3.63) is 90.1 Å². The summed E-state index contributed by atoms with van der Waals surface area (Å²) < 4.78 is 4.72. The lowest BCUT2D eigenvalue weighted by molar-refractivity contribution is -0.131. The number of hydrazine groups is 1. The van der Waals surface area contributed by atoms with E-state index in [0.717, 1.165) is 22.4 Å². The number of hydrogen-bond acceptors (Lipinski definition) is 7. The van der Waals surface area contributed by atoms with E-state index in [1.54, 1.807) is 11.2 Å². The largest absolute Gasteiger partial charge is 0.453 e. The Morgan fingerprint density at radius 2 is 1.67 bits per heavy atom. The third-order valence-corrected chi connectivity index (χ3v) is 6.35. The van der Waals surface area contributed by atoms with Crippen LogP contribution in [0, 0.1) is 5.41 Å². The van der Waals surface area contributed by atoms with E-state index in [0.29, 0.717) is 13.0 Å². The summed E-state index contributed by atoms with van der Waals surface area (Å²) in [6, 6.07) is 21.8. The molecule has 0 spiro atoms. The van der Waals surface area contributed by atoms with Crippen LogP contribution < -0.4 is 16.5 Å². The Labute approximate surface area is 230 Å². The number of alkyl carbamates (subject to hydrolysis) is 1. The van der Waals surface area contributed by atoms with Gasteiger partial charge in [0.25, 0.3) is 5.91 Å². The Hall–Kier alpha value is -3.79. The van der Waals surface area contributed by atoms with Crippen LogP contribution in [0.25, 0.3) is 11.3 Å². The molecular formula is C30H39N5O4. The zero-order valence-corrected chi connectivity index (χ0v) is 23.0. The van der Waals surface area contributed by atoms with Gasteiger partial charge in [-0.15, -0.1) is 0 Å². The number of carbonyl (C=O) groups is 2. The highest BCUT2D eigenvalue weighted by Gasteiger charge is 2.34. The van der Waals surface area contributed by atoms with Crippen molar-refractivity contribution >= 4 is 12.0 Å². The monoisotopic (exact) mass is 533 g/mol. The normalized spacial score (nSPS) is 13.8. The van der Waals surface area contributed by atoms with Gasteiger partial charge in [-0.1, -0.05) is 81.4 Å². The predicted molar refractivity (Wildman–Crippen MR) is 151 cm³/mol. The summed E-state index contributed by atoms with van der Waals surface area (Å²) in [6.45, 7) is 5.92. The number of nitrogens with zero attached hydrogens (tertiary/aromatic N) is 2. The molecule has 208 valence electrons. The van der Waals surface area contributed by atoms with E-state index in [1.807, 2.05) is 93.6 Å². The summed E-state index contributed by atoms with van der Waals surface area (Å²) in [5.41, 5.74) is 12.4. The molecule has 1 heterocycles. The summed E-state index contributed by atoms with van der Waals surface area (Å²) in [5.74, 6) is -0.429. The second-order valence-corrected chi connectivity index (χ2v) is 10.6. The topological polar surface area (TPSA) is 130 Å². The minimum Gasteiger partial charge on any atom is -0.453 e. The lowest BCUT2D eigenvalue weighted by atomic mass is 9.86. The Morgan fingerprint density at radius 3 is 2.26 bits per heavy atom. The molecule has 3 aromatic rings. The summed E-state index contributed by atoms with van der Waals surface area (Å²) in [4.78, 5) is 29.7. The van der Waals surface area contributed by atoms with Gasteiger partial charge >= 0.3 is 6.09 Å². The van der Waals surface area contributed by atoms with E-state index in [9.17, 15) is 14.7 Å². The standard InChI is InChI=1S/C30H39N5O4/c1-30(2,3)27(33-29(38)39-4)28(37)34-35(20-26(36)24(31)18-21-10-6-5-7-11-21)19-22-13-15-23(16-14-22)25-12-8-9-17-32-25/h5-17,24,26-27,36H,18-20,31H2,1-4H3,(H,33,38)(H,34,37)/t24?,26-,27?/m0/s1. The molecule has 9 nitrogen and oxygen atoms in total. The van der Waals surface area contributed by atoms with Gasteiger partial charge in [0.05, 0.1) is 18.9 Å². The van der Waals surface area contributed by atoms with Crippen LogP contribution in [0.5, 0.6) is 0 Å². The van der Waals surface area contributed by atoms with Crippen molar-refractivity contribution in [2.75, 3.05) is 13.7 Å². The van der Waals surface area contributed by atoms with E-state index in [2.05, 4.69) is 15.7 Å². The quantitative estimate of drug-likeness (QED) is 0.278. The second-order valence-electron chi connectivity index (χ2n) is 10.6. The smallest absolute Gasteiger partial charge is 0.407 e. The van der Waals surface area contributed by atoms with E-state index in [-0.39, 0.29) is 6.54 Å². The number of nitrogens with one attached hydrogen (secondary N) is 2. The first-order valence-electron chi connectivity index (χ1n) is 12.9. The van der Waals surface area contributed by atoms with Gasteiger partial charge in [-0.2, -0.15) is 0 Å². The van der Waals surface area contributed by atoms with Gasteiger partial charge in [0.1, 0.15) is 6.04 Å². The first-order valence-corrected chi connectivity index (χ1v) is 12.9. The number of benzene rings is 2. The van der Waals surface area contributed by atoms with E-state index >= 15 is 0 Å². The molecule has 2 unspecified atom stereocenters. The molecule has 5 N–H and O–H groups in total. The van der Waals surface area contributed by atoms with Crippen LogP contribution in [-0.2, 0) is 22.5 Å². The first kappa shape index (κ1) is 29.8. The molecule has 0 radical (unpaired) electrons. The summed E-state index contributed by atoms with van der Waals surface area (Å²) in [5, 5.41) is 15.2. The van der Waals surface area contributed by atoms with Gasteiger partial charge in [0.2, 0.25) is 0 Å². The number of ether oxygens (including phenoxy) is 1. The summed E-state index contributed by atoms with van der Waals surface area (Å²) in [7, 11) is 1.25. The molecule has 0 aliphatic rings. The molecule has 0 saturated heterocycles. The molecule has 1 aromatic heterocycles. The van der Waals surface area contributed by atoms with Crippen LogP contribution >= 0.6 is 0 Å². The molecule has 0 saturated carbocycles. The molecule has 0 fully saturated rings. The Balaban J connectivity index is 1.78. The summed E-state index contributed by atoms with van der Waals surface area (Å²) >= 11 is 0. The van der Waals surface area contributed by atoms with Crippen molar-refractivity contribution in [3.63, 3.8) is 0 Å². The van der Waals surface area contributed by atoms with Crippen LogP contribution in [0.2, 0.25) is 0 Å². The lowest BCUT2D eigenvalue weighted by Gasteiger charge is -2.34. The number of nitrogens with two attached hydrogens (primary N) is 1. The highest BCUT2D eigenvalue weighted by Crippen LogP contribution is 2.21. The molecule has 0 aliphatic carbocycles. The number of methoxy groups -OCH3 is 1. The molecule has 2 aromatic carbocycles. The maximum Gasteiger partial charge on any atom is 0.407 e. The van der Waals surface area contributed by atoms with Crippen molar-refractivity contribution in [2.45, 2.75) is 51.9 Å². The molecule has 3 atom stereocenters. The number of aliphatic hydroxyl groups is 1. The summed E-state index contributed by atoms with van der Waals surface area (Å²) in [6.07, 6.45) is 0.595. The maximum atomic E-state index is 13.4. The van der Waals surface area contributed by atoms with Crippen LogP contribution in [-0.4, -0.2) is 58.9 Å².